The van der Waals surface area contributed by atoms with Crippen LogP contribution in [-0.2, 0) is 22.5 Å². The van der Waals surface area contributed by atoms with Gasteiger partial charge in [0.25, 0.3) is 0 Å². The Labute approximate surface area is 119 Å². The lowest BCUT2D eigenvalue weighted by Crippen LogP contribution is -2.14. The summed E-state index contributed by atoms with van der Waals surface area (Å²) in [5.74, 6) is 0.377. The number of aromatic nitrogens is 4. The van der Waals surface area contributed by atoms with Crippen molar-refractivity contribution < 1.29 is 9.53 Å². The SMILES string of the molecule is CCOC(=O)C1CCc2sc(NCc3ncn[nH]3)nc21. The topological polar surface area (TPSA) is 92.8 Å². The minimum atomic E-state index is -0.206. The van der Waals surface area contributed by atoms with Crippen LogP contribution in [0.25, 0.3) is 0 Å². The number of hydrogen-bond donors (Lipinski definition) is 2. The summed E-state index contributed by atoms with van der Waals surface area (Å²) >= 11 is 1.59. The fourth-order valence-corrected chi connectivity index (χ4v) is 3.28. The zero-order valence-electron chi connectivity index (χ0n) is 11.0. The van der Waals surface area contributed by atoms with Crippen LogP contribution in [0.5, 0.6) is 0 Å². The van der Waals surface area contributed by atoms with Crippen molar-refractivity contribution in [3.63, 3.8) is 0 Å². The van der Waals surface area contributed by atoms with Crippen LogP contribution in [0.3, 0.4) is 0 Å². The van der Waals surface area contributed by atoms with Crippen LogP contribution >= 0.6 is 11.3 Å². The molecule has 0 bridgehead atoms. The Hall–Kier alpha value is -1.96. The molecule has 1 atom stereocenters. The zero-order valence-corrected chi connectivity index (χ0v) is 11.9. The second-order valence-electron chi connectivity index (χ2n) is 4.46. The molecule has 0 fully saturated rings. The van der Waals surface area contributed by atoms with Gasteiger partial charge in [-0.25, -0.2) is 9.97 Å². The van der Waals surface area contributed by atoms with Gasteiger partial charge in [-0.15, -0.1) is 11.3 Å². The van der Waals surface area contributed by atoms with E-state index in [4.69, 9.17) is 4.74 Å². The molecule has 0 amide bonds. The lowest BCUT2D eigenvalue weighted by molar-refractivity contribution is -0.145. The van der Waals surface area contributed by atoms with Gasteiger partial charge in [-0.3, -0.25) is 9.89 Å². The number of thiazole rings is 1. The second-order valence-corrected chi connectivity index (χ2v) is 5.54. The number of aryl methyl sites for hydroxylation is 1. The summed E-state index contributed by atoms with van der Waals surface area (Å²) < 4.78 is 5.09. The number of ether oxygens (including phenoxy) is 1. The van der Waals surface area contributed by atoms with E-state index in [1.54, 1.807) is 11.3 Å². The predicted octanol–water partition coefficient (Wildman–Crippen LogP) is 1.47. The summed E-state index contributed by atoms with van der Waals surface area (Å²) in [4.78, 5) is 21.6. The largest absolute Gasteiger partial charge is 0.465 e. The van der Waals surface area contributed by atoms with Gasteiger partial charge in [-0.2, -0.15) is 5.10 Å². The number of hydrogen-bond acceptors (Lipinski definition) is 7. The number of H-pyrrole nitrogens is 1. The number of nitrogens with zero attached hydrogens (tertiary/aromatic N) is 3. The molecular formula is C12H15N5O2S. The first kappa shape index (κ1) is 13.0. The Morgan fingerprint density at radius 2 is 2.55 bits per heavy atom. The van der Waals surface area contributed by atoms with E-state index in [9.17, 15) is 4.79 Å². The molecular weight excluding hydrogens is 278 g/mol. The molecule has 0 saturated heterocycles. The number of carbonyl (C=O) groups is 1. The third kappa shape index (κ3) is 2.51. The standard InChI is InChI=1S/C12H15N5O2S/c1-2-19-11(18)7-3-4-8-10(7)16-12(20-8)13-5-9-14-6-15-17-9/h6-7H,2-5H2,1H3,(H,13,16)(H,14,15,17). The van der Waals surface area contributed by atoms with Crippen molar-refractivity contribution >= 4 is 22.4 Å². The van der Waals surface area contributed by atoms with Crippen LogP contribution in [0.2, 0.25) is 0 Å². The molecule has 2 N–H and O–H groups in total. The number of fused-ring (bicyclic) bond motifs is 1. The number of rotatable bonds is 5. The van der Waals surface area contributed by atoms with E-state index < -0.39 is 0 Å². The highest BCUT2D eigenvalue weighted by Gasteiger charge is 2.33. The summed E-state index contributed by atoms with van der Waals surface area (Å²) in [6.45, 7) is 2.76. The van der Waals surface area contributed by atoms with Crippen molar-refractivity contribution in [2.45, 2.75) is 32.2 Å². The molecule has 0 aromatic carbocycles. The summed E-state index contributed by atoms with van der Waals surface area (Å²) in [7, 11) is 0. The van der Waals surface area contributed by atoms with Gasteiger partial charge >= 0.3 is 5.97 Å². The number of anilines is 1. The molecule has 0 saturated carbocycles. The third-order valence-electron chi connectivity index (χ3n) is 3.16. The zero-order chi connectivity index (χ0) is 13.9. The molecule has 20 heavy (non-hydrogen) atoms. The first-order valence-electron chi connectivity index (χ1n) is 6.52. The minimum Gasteiger partial charge on any atom is -0.465 e. The van der Waals surface area contributed by atoms with Crippen LogP contribution in [0.1, 0.15) is 35.7 Å². The third-order valence-corrected chi connectivity index (χ3v) is 4.25. The maximum atomic E-state index is 11.9. The van der Waals surface area contributed by atoms with Gasteiger partial charge in [0.2, 0.25) is 0 Å². The first-order chi connectivity index (χ1) is 9.78. The van der Waals surface area contributed by atoms with E-state index in [1.807, 2.05) is 6.92 Å². The van der Waals surface area contributed by atoms with Gasteiger partial charge in [-0.1, -0.05) is 0 Å². The van der Waals surface area contributed by atoms with E-state index in [1.165, 1.54) is 11.2 Å². The van der Waals surface area contributed by atoms with Crippen molar-refractivity contribution in [3.05, 3.63) is 22.7 Å². The van der Waals surface area contributed by atoms with Crippen LogP contribution in [0.4, 0.5) is 5.13 Å². The Bertz CT molecular complexity index is 595. The van der Waals surface area contributed by atoms with Gasteiger partial charge in [0.1, 0.15) is 18.1 Å². The van der Waals surface area contributed by atoms with Crippen molar-refractivity contribution in [2.75, 3.05) is 11.9 Å². The average molecular weight is 293 g/mol. The molecule has 0 aliphatic heterocycles. The Kier molecular flexibility index (Phi) is 3.64. The smallest absolute Gasteiger partial charge is 0.315 e. The number of aromatic amines is 1. The Morgan fingerprint density at radius 3 is 3.30 bits per heavy atom. The maximum Gasteiger partial charge on any atom is 0.315 e. The molecule has 1 unspecified atom stereocenters. The van der Waals surface area contributed by atoms with Gasteiger partial charge < -0.3 is 10.1 Å². The van der Waals surface area contributed by atoms with E-state index >= 15 is 0 Å². The predicted molar refractivity (Wildman–Crippen MR) is 73.5 cm³/mol. The monoisotopic (exact) mass is 293 g/mol. The molecule has 2 aromatic rings. The maximum absolute atomic E-state index is 11.9. The number of esters is 1. The van der Waals surface area contributed by atoms with E-state index in [0.29, 0.717) is 13.2 Å². The van der Waals surface area contributed by atoms with Crippen LogP contribution in [0, 0.1) is 0 Å². The summed E-state index contributed by atoms with van der Waals surface area (Å²) in [6.07, 6.45) is 3.16. The van der Waals surface area contributed by atoms with Crippen molar-refractivity contribution in [1.82, 2.24) is 20.2 Å². The van der Waals surface area contributed by atoms with Gasteiger partial charge in [-0.05, 0) is 19.8 Å². The van der Waals surface area contributed by atoms with Gasteiger partial charge in [0.05, 0.1) is 18.8 Å². The number of nitrogens with one attached hydrogen (secondary N) is 2. The highest BCUT2D eigenvalue weighted by Crippen LogP contribution is 2.38. The summed E-state index contributed by atoms with van der Waals surface area (Å²) in [6, 6.07) is 0. The van der Waals surface area contributed by atoms with Crippen molar-refractivity contribution in [1.29, 1.82) is 0 Å². The van der Waals surface area contributed by atoms with Crippen LogP contribution < -0.4 is 5.32 Å². The first-order valence-corrected chi connectivity index (χ1v) is 7.34. The molecule has 2 aromatic heterocycles. The van der Waals surface area contributed by atoms with Crippen molar-refractivity contribution in [2.24, 2.45) is 0 Å². The Balaban J connectivity index is 1.68. The lowest BCUT2D eigenvalue weighted by Gasteiger charge is -2.07. The fourth-order valence-electron chi connectivity index (χ4n) is 2.25. The highest BCUT2D eigenvalue weighted by atomic mass is 32.1. The molecule has 7 nitrogen and oxygen atoms in total. The van der Waals surface area contributed by atoms with E-state index in [2.05, 4.69) is 25.5 Å². The molecule has 2 heterocycles. The molecule has 8 heteroatoms. The minimum absolute atomic E-state index is 0.168. The summed E-state index contributed by atoms with van der Waals surface area (Å²) in [5.41, 5.74) is 0.869. The quantitative estimate of drug-likeness (QED) is 0.811. The van der Waals surface area contributed by atoms with Gasteiger partial charge in [0.15, 0.2) is 5.13 Å². The highest BCUT2D eigenvalue weighted by molar-refractivity contribution is 7.15. The molecule has 0 radical (unpaired) electrons. The van der Waals surface area contributed by atoms with Crippen LogP contribution in [0.15, 0.2) is 6.33 Å². The normalized spacial score (nSPS) is 16.9. The lowest BCUT2D eigenvalue weighted by atomic mass is 10.1. The molecule has 1 aliphatic rings. The second kappa shape index (κ2) is 5.58. The summed E-state index contributed by atoms with van der Waals surface area (Å²) in [5, 5.41) is 10.6. The van der Waals surface area contributed by atoms with Crippen LogP contribution in [-0.4, -0.2) is 32.7 Å². The molecule has 1 aliphatic carbocycles. The average Bonchev–Trinajstić information content (AvgIpc) is 3.13. The van der Waals surface area contributed by atoms with Crippen molar-refractivity contribution in [3.8, 4) is 0 Å². The van der Waals surface area contributed by atoms with Gasteiger partial charge in [0, 0.05) is 4.88 Å². The molecule has 3 rings (SSSR count). The number of carbonyl (C=O) groups excluding carboxylic acids is 1. The fraction of sp³-hybridized carbons (Fsp3) is 0.500. The van der Waals surface area contributed by atoms with E-state index in [-0.39, 0.29) is 11.9 Å². The van der Waals surface area contributed by atoms with E-state index in [0.717, 1.165) is 29.5 Å². The molecule has 106 valence electrons. The molecule has 0 spiro atoms. The Morgan fingerprint density at radius 1 is 1.65 bits per heavy atom.